The van der Waals surface area contributed by atoms with E-state index in [2.05, 4.69) is 14.7 Å². The molecule has 2 heterocycles. The number of rotatable bonds is 8. The number of nitrogens with zero attached hydrogens (tertiary/aromatic N) is 1. The first-order chi connectivity index (χ1) is 15.1. The maximum absolute atomic E-state index is 12.4. The van der Waals surface area contributed by atoms with Crippen molar-refractivity contribution < 1.29 is 27.5 Å². The first kappa shape index (κ1) is 23.9. The number of esters is 2. The number of hydrogen-bond acceptors (Lipinski definition) is 9. The molecule has 0 radical (unpaired) electrons. The Labute approximate surface area is 191 Å². The zero-order valence-corrected chi connectivity index (χ0v) is 19.3. The van der Waals surface area contributed by atoms with Gasteiger partial charge in [0.25, 0.3) is 5.56 Å². The zero-order valence-electron chi connectivity index (χ0n) is 16.9. The predicted molar refractivity (Wildman–Crippen MR) is 117 cm³/mol. The van der Waals surface area contributed by atoms with Crippen LogP contribution >= 0.6 is 22.9 Å². The highest BCUT2D eigenvalue weighted by molar-refractivity contribution is 7.89. The van der Waals surface area contributed by atoms with Gasteiger partial charge in [0.2, 0.25) is 10.0 Å². The van der Waals surface area contributed by atoms with E-state index in [1.54, 1.807) is 13.8 Å². The number of aromatic nitrogens is 2. The van der Waals surface area contributed by atoms with Gasteiger partial charge in [0, 0.05) is 5.02 Å². The molecular weight excluding hydrogens is 482 g/mol. The van der Waals surface area contributed by atoms with Gasteiger partial charge in [0.05, 0.1) is 16.9 Å². The second-order valence-electron chi connectivity index (χ2n) is 6.41. The van der Waals surface area contributed by atoms with Gasteiger partial charge >= 0.3 is 11.9 Å². The van der Waals surface area contributed by atoms with Crippen LogP contribution in [0.4, 0.5) is 0 Å². The fourth-order valence-corrected chi connectivity index (χ4v) is 4.89. The Morgan fingerprint density at radius 2 is 1.91 bits per heavy atom. The number of aromatic amines is 1. The number of H-pyrrole nitrogens is 1. The Morgan fingerprint density at radius 1 is 1.22 bits per heavy atom. The van der Waals surface area contributed by atoms with Crippen LogP contribution in [-0.4, -0.2) is 43.5 Å². The molecule has 0 unspecified atom stereocenters. The van der Waals surface area contributed by atoms with Gasteiger partial charge in [0.1, 0.15) is 28.7 Å². The van der Waals surface area contributed by atoms with E-state index in [1.807, 2.05) is 0 Å². The number of benzene rings is 1. The summed E-state index contributed by atoms with van der Waals surface area (Å²) >= 11 is 6.73. The lowest BCUT2D eigenvalue weighted by Gasteiger charge is -2.07. The van der Waals surface area contributed by atoms with Crippen molar-refractivity contribution in [3.05, 3.63) is 55.9 Å². The molecule has 0 bridgehead atoms. The number of carbonyl (C=O) groups excluding carboxylic acids is 2. The fourth-order valence-electron chi connectivity index (χ4n) is 2.70. The topological polar surface area (TPSA) is 145 Å². The average Bonchev–Trinajstić information content (AvgIpc) is 3.08. The number of sulfonamides is 1. The van der Waals surface area contributed by atoms with Crippen LogP contribution in [0, 0.1) is 6.92 Å². The third kappa shape index (κ3) is 5.33. The number of aryl methyl sites for hydroxylation is 1. The molecule has 0 saturated carbocycles. The first-order valence-electron chi connectivity index (χ1n) is 9.22. The Bertz CT molecular complexity index is 1330. The molecular formula is C19H18ClN3O7S2. The lowest BCUT2D eigenvalue weighted by molar-refractivity contribution is -0.143. The minimum atomic E-state index is -3.93. The van der Waals surface area contributed by atoms with E-state index in [0.717, 1.165) is 11.3 Å². The molecule has 0 aliphatic carbocycles. The third-order valence-electron chi connectivity index (χ3n) is 4.21. The monoisotopic (exact) mass is 499 g/mol. The second kappa shape index (κ2) is 9.77. The zero-order chi connectivity index (χ0) is 23.5. The number of fused-ring (bicyclic) bond motifs is 1. The quantitative estimate of drug-likeness (QED) is 0.448. The lowest BCUT2D eigenvalue weighted by atomic mass is 10.2. The first-order valence-corrected chi connectivity index (χ1v) is 11.9. The molecule has 0 spiro atoms. The fraction of sp³-hybridized carbons (Fsp3) is 0.263. The summed E-state index contributed by atoms with van der Waals surface area (Å²) < 4.78 is 36.5. The van der Waals surface area contributed by atoms with E-state index in [4.69, 9.17) is 21.1 Å². The normalized spacial score (nSPS) is 11.5. The minimum absolute atomic E-state index is 0.0491. The summed E-state index contributed by atoms with van der Waals surface area (Å²) in [6.07, 6.45) is 0. The smallest absolute Gasteiger partial charge is 0.348 e. The van der Waals surface area contributed by atoms with Gasteiger partial charge in [-0.2, -0.15) is 4.72 Å². The molecule has 3 aromatic rings. The van der Waals surface area contributed by atoms with Crippen molar-refractivity contribution in [2.24, 2.45) is 0 Å². The average molecular weight is 500 g/mol. The van der Waals surface area contributed by atoms with Gasteiger partial charge < -0.3 is 14.5 Å². The summed E-state index contributed by atoms with van der Waals surface area (Å²) in [6.45, 7) is 2.47. The highest BCUT2D eigenvalue weighted by atomic mass is 35.5. The molecule has 0 aliphatic rings. The Kier molecular flexibility index (Phi) is 7.29. The van der Waals surface area contributed by atoms with Gasteiger partial charge in [-0.25, -0.2) is 18.2 Å². The van der Waals surface area contributed by atoms with Gasteiger partial charge in [-0.3, -0.25) is 9.59 Å². The van der Waals surface area contributed by atoms with Crippen LogP contribution in [0.25, 0.3) is 10.2 Å². The summed E-state index contributed by atoms with van der Waals surface area (Å²) in [7, 11) is -3.93. The van der Waals surface area contributed by atoms with Crippen LogP contribution in [0.3, 0.4) is 0 Å². The number of halogens is 1. The Hall–Kier alpha value is -2.80. The van der Waals surface area contributed by atoms with E-state index < -0.39 is 40.7 Å². The standard InChI is InChI=1S/C19H18ClN3O7S2/c1-3-29-19(26)16-10(2)15-17(25)22-13(23-18(15)31-16)9-30-14(24)8-21-32(27,28)12-6-4-11(20)5-7-12/h4-7,21H,3,8-9H2,1-2H3,(H,22,23,25). The van der Waals surface area contributed by atoms with Gasteiger partial charge in [-0.15, -0.1) is 11.3 Å². The van der Waals surface area contributed by atoms with Crippen molar-refractivity contribution >= 4 is 55.1 Å². The maximum Gasteiger partial charge on any atom is 0.348 e. The molecule has 32 heavy (non-hydrogen) atoms. The summed E-state index contributed by atoms with van der Waals surface area (Å²) in [5.74, 6) is -1.37. The molecule has 0 amide bonds. The number of carbonyl (C=O) groups is 2. The SMILES string of the molecule is CCOC(=O)c1sc2nc(COC(=O)CNS(=O)(=O)c3ccc(Cl)cc3)[nH]c(=O)c2c1C. The van der Waals surface area contributed by atoms with Gasteiger partial charge in [-0.1, -0.05) is 11.6 Å². The number of ether oxygens (including phenoxy) is 2. The predicted octanol–water partition coefficient (Wildman–Crippen LogP) is 2.14. The molecule has 170 valence electrons. The van der Waals surface area contributed by atoms with Crippen molar-refractivity contribution in [2.45, 2.75) is 25.3 Å². The molecule has 0 fully saturated rings. The Balaban J connectivity index is 1.66. The van der Waals surface area contributed by atoms with E-state index in [0.29, 0.717) is 15.4 Å². The summed E-state index contributed by atoms with van der Waals surface area (Å²) in [6, 6.07) is 5.42. The van der Waals surface area contributed by atoms with Gasteiger partial charge in [0.15, 0.2) is 0 Å². The number of nitrogens with one attached hydrogen (secondary N) is 2. The summed E-state index contributed by atoms with van der Waals surface area (Å²) in [4.78, 5) is 43.6. The van der Waals surface area contributed by atoms with Gasteiger partial charge in [-0.05, 0) is 43.7 Å². The van der Waals surface area contributed by atoms with Crippen molar-refractivity contribution in [3.63, 3.8) is 0 Å². The number of hydrogen-bond donors (Lipinski definition) is 2. The minimum Gasteiger partial charge on any atom is -0.462 e. The highest BCUT2D eigenvalue weighted by Gasteiger charge is 2.21. The van der Waals surface area contributed by atoms with Crippen molar-refractivity contribution in [2.75, 3.05) is 13.2 Å². The van der Waals surface area contributed by atoms with Crippen molar-refractivity contribution in [1.29, 1.82) is 0 Å². The molecule has 10 nitrogen and oxygen atoms in total. The third-order valence-corrected chi connectivity index (χ3v) is 7.05. The lowest BCUT2D eigenvalue weighted by Crippen LogP contribution is -2.30. The molecule has 2 aromatic heterocycles. The van der Waals surface area contributed by atoms with Crippen LogP contribution in [0.1, 0.15) is 28.0 Å². The molecule has 1 aromatic carbocycles. The largest absolute Gasteiger partial charge is 0.462 e. The summed E-state index contributed by atoms with van der Waals surface area (Å²) in [5.41, 5.74) is -0.0360. The molecule has 2 N–H and O–H groups in total. The second-order valence-corrected chi connectivity index (χ2v) is 9.61. The highest BCUT2D eigenvalue weighted by Crippen LogP contribution is 2.27. The molecule has 13 heteroatoms. The summed E-state index contributed by atoms with van der Waals surface area (Å²) in [5, 5.41) is 0.626. The molecule has 0 atom stereocenters. The van der Waals surface area contributed by atoms with Crippen molar-refractivity contribution in [3.8, 4) is 0 Å². The Morgan fingerprint density at radius 3 is 2.56 bits per heavy atom. The number of thiophene rings is 1. The van der Waals surface area contributed by atoms with E-state index in [9.17, 15) is 22.8 Å². The van der Waals surface area contributed by atoms with E-state index in [-0.39, 0.29) is 27.6 Å². The van der Waals surface area contributed by atoms with Crippen LogP contribution in [0.5, 0.6) is 0 Å². The molecule has 0 saturated heterocycles. The maximum atomic E-state index is 12.4. The van der Waals surface area contributed by atoms with E-state index in [1.165, 1.54) is 24.3 Å². The van der Waals surface area contributed by atoms with Crippen molar-refractivity contribution in [1.82, 2.24) is 14.7 Å². The van der Waals surface area contributed by atoms with Crippen LogP contribution in [-0.2, 0) is 30.9 Å². The van der Waals surface area contributed by atoms with Crippen LogP contribution < -0.4 is 10.3 Å². The van der Waals surface area contributed by atoms with E-state index >= 15 is 0 Å². The molecule has 0 aliphatic heterocycles. The molecule has 3 rings (SSSR count). The van der Waals surface area contributed by atoms with Crippen LogP contribution in [0.15, 0.2) is 34.0 Å². The van der Waals surface area contributed by atoms with Crippen LogP contribution in [0.2, 0.25) is 5.02 Å².